The molecule has 0 unspecified atom stereocenters. The average molecular weight is 320 g/mol. The molecule has 0 bridgehead atoms. The minimum atomic E-state index is -0.475. The maximum Gasteiger partial charge on any atom is 0.410 e. The van der Waals surface area contributed by atoms with Gasteiger partial charge < -0.3 is 19.7 Å². The van der Waals surface area contributed by atoms with E-state index in [0.29, 0.717) is 18.7 Å². The van der Waals surface area contributed by atoms with Gasteiger partial charge in [0.05, 0.1) is 6.10 Å². The van der Waals surface area contributed by atoms with Crippen molar-refractivity contribution in [2.45, 2.75) is 57.9 Å². The SMILES string of the molecule is COC1CC(Nc2cccc(CN(C)C(=O)OC(C)(C)C)c2)C1. The van der Waals surface area contributed by atoms with Crippen molar-refractivity contribution in [3.8, 4) is 0 Å². The Labute approximate surface area is 139 Å². The molecular weight excluding hydrogens is 292 g/mol. The largest absolute Gasteiger partial charge is 0.444 e. The molecule has 5 nitrogen and oxygen atoms in total. The Balaban J connectivity index is 1.88. The molecule has 0 spiro atoms. The smallest absolute Gasteiger partial charge is 0.410 e. The fraction of sp³-hybridized carbons (Fsp3) is 0.611. The highest BCUT2D eigenvalue weighted by molar-refractivity contribution is 5.67. The van der Waals surface area contributed by atoms with Crippen LogP contribution in [0.4, 0.5) is 10.5 Å². The molecule has 1 fully saturated rings. The zero-order valence-electron chi connectivity index (χ0n) is 14.8. The number of rotatable bonds is 5. The number of methoxy groups -OCH3 is 1. The third kappa shape index (κ3) is 5.43. The number of ether oxygens (including phenoxy) is 2. The molecular formula is C18H28N2O3. The van der Waals surface area contributed by atoms with Crippen molar-refractivity contribution >= 4 is 11.8 Å². The maximum absolute atomic E-state index is 12.0. The average Bonchev–Trinajstić information content (AvgIpc) is 2.40. The van der Waals surface area contributed by atoms with Gasteiger partial charge in [0.15, 0.2) is 0 Å². The minimum Gasteiger partial charge on any atom is -0.444 e. The predicted octanol–water partition coefficient (Wildman–Crippen LogP) is 3.64. The Hall–Kier alpha value is -1.75. The minimum absolute atomic E-state index is 0.308. The van der Waals surface area contributed by atoms with E-state index in [1.807, 2.05) is 32.9 Å². The second-order valence-electron chi connectivity index (χ2n) is 7.21. The summed E-state index contributed by atoms with van der Waals surface area (Å²) in [4.78, 5) is 13.6. The molecule has 0 atom stereocenters. The summed E-state index contributed by atoms with van der Waals surface area (Å²) in [5.74, 6) is 0. The first-order chi connectivity index (χ1) is 10.8. The quantitative estimate of drug-likeness (QED) is 0.900. The van der Waals surface area contributed by atoms with Gasteiger partial charge in [0, 0.05) is 32.4 Å². The number of nitrogens with one attached hydrogen (secondary N) is 1. The van der Waals surface area contributed by atoms with Gasteiger partial charge in [-0.3, -0.25) is 0 Å². The number of benzene rings is 1. The van der Waals surface area contributed by atoms with E-state index in [2.05, 4.69) is 17.4 Å². The lowest BCUT2D eigenvalue weighted by Gasteiger charge is -2.35. The van der Waals surface area contributed by atoms with Crippen LogP contribution in [-0.4, -0.2) is 42.9 Å². The number of carbonyl (C=O) groups excluding carboxylic acids is 1. The van der Waals surface area contributed by atoms with Crippen LogP contribution in [0.2, 0.25) is 0 Å². The van der Waals surface area contributed by atoms with Crippen LogP contribution in [-0.2, 0) is 16.0 Å². The molecule has 1 aliphatic carbocycles. The fourth-order valence-corrected chi connectivity index (χ4v) is 2.55. The maximum atomic E-state index is 12.0. The summed E-state index contributed by atoms with van der Waals surface area (Å²) in [6, 6.07) is 8.63. The van der Waals surface area contributed by atoms with E-state index in [1.165, 1.54) is 0 Å². The van der Waals surface area contributed by atoms with Gasteiger partial charge in [0.1, 0.15) is 5.60 Å². The highest BCUT2D eigenvalue weighted by atomic mass is 16.6. The number of hydrogen-bond donors (Lipinski definition) is 1. The van der Waals surface area contributed by atoms with E-state index in [4.69, 9.17) is 9.47 Å². The summed E-state index contributed by atoms with van der Waals surface area (Å²) in [6.45, 7) is 6.13. The van der Waals surface area contributed by atoms with Gasteiger partial charge in [-0.2, -0.15) is 0 Å². The monoisotopic (exact) mass is 320 g/mol. The molecule has 128 valence electrons. The molecule has 0 aromatic heterocycles. The van der Waals surface area contributed by atoms with Gasteiger partial charge in [-0.1, -0.05) is 12.1 Å². The standard InChI is InChI=1S/C18H28N2O3/c1-18(2,3)23-17(21)20(4)12-13-7-6-8-14(9-13)19-15-10-16(11-15)22-5/h6-9,15-16,19H,10-12H2,1-5H3. The molecule has 23 heavy (non-hydrogen) atoms. The summed E-state index contributed by atoms with van der Waals surface area (Å²) in [5, 5.41) is 3.51. The van der Waals surface area contributed by atoms with Crippen LogP contribution in [0.15, 0.2) is 24.3 Å². The molecule has 2 rings (SSSR count). The molecule has 1 aromatic rings. The lowest BCUT2D eigenvalue weighted by atomic mass is 9.89. The van der Waals surface area contributed by atoms with Crippen LogP contribution in [0.3, 0.4) is 0 Å². The van der Waals surface area contributed by atoms with E-state index >= 15 is 0 Å². The highest BCUT2D eigenvalue weighted by Gasteiger charge is 2.28. The summed E-state index contributed by atoms with van der Waals surface area (Å²) < 4.78 is 10.7. The normalized spacial score (nSPS) is 20.6. The van der Waals surface area contributed by atoms with Gasteiger partial charge in [-0.05, 0) is 51.3 Å². The molecule has 0 heterocycles. The molecule has 1 aliphatic rings. The number of nitrogens with zero attached hydrogens (tertiary/aromatic N) is 1. The third-order valence-electron chi connectivity index (χ3n) is 3.85. The lowest BCUT2D eigenvalue weighted by Crippen LogP contribution is -2.40. The van der Waals surface area contributed by atoms with Gasteiger partial charge in [-0.25, -0.2) is 4.79 Å². The number of hydrogen-bond acceptors (Lipinski definition) is 4. The Morgan fingerprint density at radius 2 is 2.04 bits per heavy atom. The zero-order chi connectivity index (χ0) is 17.0. The van der Waals surface area contributed by atoms with Crippen molar-refractivity contribution in [2.75, 3.05) is 19.5 Å². The molecule has 5 heteroatoms. The molecule has 0 aliphatic heterocycles. The second kappa shape index (κ2) is 7.21. The van der Waals surface area contributed by atoms with E-state index < -0.39 is 5.60 Å². The Morgan fingerprint density at radius 3 is 2.65 bits per heavy atom. The Bertz CT molecular complexity index is 533. The van der Waals surface area contributed by atoms with Gasteiger partial charge in [0.25, 0.3) is 0 Å². The fourth-order valence-electron chi connectivity index (χ4n) is 2.55. The van der Waals surface area contributed by atoms with Crippen molar-refractivity contribution in [3.05, 3.63) is 29.8 Å². The van der Waals surface area contributed by atoms with Crippen LogP contribution in [0.5, 0.6) is 0 Å². The van der Waals surface area contributed by atoms with E-state index in [0.717, 1.165) is 24.1 Å². The van der Waals surface area contributed by atoms with Crippen molar-refractivity contribution < 1.29 is 14.3 Å². The summed E-state index contributed by atoms with van der Waals surface area (Å²) in [5.41, 5.74) is 1.68. The summed E-state index contributed by atoms with van der Waals surface area (Å²) in [6.07, 6.45) is 2.16. The first-order valence-corrected chi connectivity index (χ1v) is 8.09. The molecule has 1 N–H and O–H groups in total. The van der Waals surface area contributed by atoms with Gasteiger partial charge >= 0.3 is 6.09 Å². The molecule has 1 aromatic carbocycles. The molecule has 0 radical (unpaired) electrons. The highest BCUT2D eigenvalue weighted by Crippen LogP contribution is 2.26. The van der Waals surface area contributed by atoms with E-state index in [-0.39, 0.29) is 6.09 Å². The van der Waals surface area contributed by atoms with Crippen LogP contribution >= 0.6 is 0 Å². The second-order valence-corrected chi connectivity index (χ2v) is 7.21. The Kier molecular flexibility index (Phi) is 5.52. The van der Waals surface area contributed by atoms with Crippen molar-refractivity contribution in [1.82, 2.24) is 4.90 Å². The van der Waals surface area contributed by atoms with E-state index in [1.54, 1.807) is 19.1 Å². The first-order valence-electron chi connectivity index (χ1n) is 8.09. The summed E-state index contributed by atoms with van der Waals surface area (Å²) in [7, 11) is 3.51. The number of carbonyl (C=O) groups is 1. The van der Waals surface area contributed by atoms with Crippen LogP contribution in [0, 0.1) is 0 Å². The van der Waals surface area contributed by atoms with E-state index in [9.17, 15) is 4.79 Å². The number of anilines is 1. The summed E-state index contributed by atoms with van der Waals surface area (Å²) >= 11 is 0. The van der Waals surface area contributed by atoms with Gasteiger partial charge in [0.2, 0.25) is 0 Å². The van der Waals surface area contributed by atoms with Crippen molar-refractivity contribution in [3.63, 3.8) is 0 Å². The first kappa shape index (κ1) is 17.6. The van der Waals surface area contributed by atoms with Crippen LogP contribution < -0.4 is 5.32 Å². The van der Waals surface area contributed by atoms with Crippen LogP contribution in [0.25, 0.3) is 0 Å². The number of amides is 1. The van der Waals surface area contributed by atoms with Crippen molar-refractivity contribution in [2.24, 2.45) is 0 Å². The van der Waals surface area contributed by atoms with Crippen molar-refractivity contribution in [1.29, 1.82) is 0 Å². The zero-order valence-corrected chi connectivity index (χ0v) is 14.8. The molecule has 1 saturated carbocycles. The topological polar surface area (TPSA) is 50.8 Å². The molecule has 1 amide bonds. The molecule has 0 saturated heterocycles. The lowest BCUT2D eigenvalue weighted by molar-refractivity contribution is 0.0284. The van der Waals surface area contributed by atoms with Crippen LogP contribution in [0.1, 0.15) is 39.2 Å². The Morgan fingerprint density at radius 1 is 1.35 bits per heavy atom. The third-order valence-corrected chi connectivity index (χ3v) is 3.85. The predicted molar refractivity (Wildman–Crippen MR) is 91.6 cm³/mol. The van der Waals surface area contributed by atoms with Gasteiger partial charge in [-0.15, -0.1) is 0 Å².